The zero-order valence-electron chi connectivity index (χ0n) is 16.1. The van der Waals surface area contributed by atoms with E-state index < -0.39 is 0 Å². The first-order valence-electron chi connectivity index (χ1n) is 8.82. The molecule has 0 aromatic carbocycles. The highest BCUT2D eigenvalue weighted by molar-refractivity contribution is 6.10. The maximum Gasteiger partial charge on any atom is 0.260 e. The fourth-order valence-electron chi connectivity index (χ4n) is 3.38. The molecule has 0 bridgehead atoms. The number of methoxy groups -OCH3 is 2. The van der Waals surface area contributed by atoms with E-state index in [0.717, 1.165) is 11.1 Å². The second kappa shape index (κ2) is 7.20. The lowest BCUT2D eigenvalue weighted by molar-refractivity contribution is 0.0996. The molecular formula is C21H17N5O3. The number of nitriles is 1. The average Bonchev–Trinajstić information content (AvgIpc) is 3.10. The number of rotatable bonds is 4. The van der Waals surface area contributed by atoms with Crippen LogP contribution < -0.4 is 14.4 Å². The van der Waals surface area contributed by atoms with E-state index in [2.05, 4.69) is 9.97 Å². The summed E-state index contributed by atoms with van der Waals surface area (Å²) in [5.74, 6) is 0.752. The Bertz CT molecular complexity index is 1170. The monoisotopic (exact) mass is 387 g/mol. The van der Waals surface area contributed by atoms with Crippen molar-refractivity contribution in [3.05, 3.63) is 59.2 Å². The van der Waals surface area contributed by atoms with Gasteiger partial charge in [0.2, 0.25) is 0 Å². The molecule has 0 spiro atoms. The number of hydrogen-bond acceptors (Lipinski definition) is 7. The molecule has 1 amide bonds. The molecule has 144 valence electrons. The molecular weight excluding hydrogens is 370 g/mol. The van der Waals surface area contributed by atoms with Gasteiger partial charge in [-0.3, -0.25) is 9.78 Å². The molecule has 8 nitrogen and oxygen atoms in total. The fourth-order valence-corrected chi connectivity index (χ4v) is 3.38. The summed E-state index contributed by atoms with van der Waals surface area (Å²) in [6.07, 6.45) is 3.18. The topological polar surface area (TPSA) is 101 Å². The molecule has 0 saturated heterocycles. The quantitative estimate of drug-likeness (QED) is 0.678. The Labute approximate surface area is 167 Å². The highest BCUT2D eigenvalue weighted by atomic mass is 16.5. The molecule has 4 heterocycles. The summed E-state index contributed by atoms with van der Waals surface area (Å²) < 4.78 is 10.5. The van der Waals surface area contributed by atoms with Crippen LogP contribution in [0.15, 0.2) is 36.7 Å². The predicted octanol–water partition coefficient (Wildman–Crippen LogP) is 2.90. The van der Waals surface area contributed by atoms with Gasteiger partial charge in [0, 0.05) is 23.6 Å². The number of anilines is 1. The molecule has 3 aromatic heterocycles. The third-order valence-electron chi connectivity index (χ3n) is 4.76. The number of hydrogen-bond donors (Lipinski definition) is 0. The molecule has 0 fully saturated rings. The van der Waals surface area contributed by atoms with Crippen LogP contribution in [-0.2, 0) is 6.54 Å². The number of aryl methyl sites for hydroxylation is 1. The lowest BCUT2D eigenvalue weighted by Gasteiger charge is -2.15. The Kier molecular flexibility index (Phi) is 4.56. The van der Waals surface area contributed by atoms with Crippen LogP contribution in [0.3, 0.4) is 0 Å². The fraction of sp³-hybridized carbons (Fsp3) is 0.190. The van der Waals surface area contributed by atoms with Crippen molar-refractivity contribution in [2.75, 3.05) is 19.1 Å². The molecule has 0 unspecified atom stereocenters. The van der Waals surface area contributed by atoms with E-state index in [9.17, 15) is 4.79 Å². The lowest BCUT2D eigenvalue weighted by atomic mass is 10.0. The number of fused-ring (bicyclic) bond motifs is 1. The Hall–Kier alpha value is -3.99. The molecule has 8 heteroatoms. The van der Waals surface area contributed by atoms with E-state index in [1.165, 1.54) is 13.3 Å². The van der Waals surface area contributed by atoms with E-state index in [0.29, 0.717) is 40.8 Å². The minimum absolute atomic E-state index is 0.142. The molecule has 29 heavy (non-hydrogen) atoms. The summed E-state index contributed by atoms with van der Waals surface area (Å²) in [4.78, 5) is 27.5. The van der Waals surface area contributed by atoms with Gasteiger partial charge in [-0.1, -0.05) is 0 Å². The Balaban J connectivity index is 1.74. The van der Waals surface area contributed by atoms with Gasteiger partial charge in [-0.05, 0) is 36.8 Å². The van der Waals surface area contributed by atoms with Crippen molar-refractivity contribution >= 4 is 11.6 Å². The summed E-state index contributed by atoms with van der Waals surface area (Å²) in [5.41, 5.74) is 4.41. The number of pyridine rings is 3. The lowest BCUT2D eigenvalue weighted by Crippen LogP contribution is -2.23. The second-order valence-electron chi connectivity index (χ2n) is 6.48. The maximum atomic E-state index is 13.0. The van der Waals surface area contributed by atoms with Gasteiger partial charge in [0.05, 0.1) is 37.7 Å². The Morgan fingerprint density at radius 3 is 2.72 bits per heavy atom. The number of carbonyl (C=O) groups excluding carboxylic acids is 1. The van der Waals surface area contributed by atoms with Crippen molar-refractivity contribution in [3.8, 4) is 29.0 Å². The van der Waals surface area contributed by atoms with Crippen LogP contribution in [0.2, 0.25) is 0 Å². The first-order chi connectivity index (χ1) is 14.0. The van der Waals surface area contributed by atoms with E-state index in [4.69, 9.17) is 19.7 Å². The Morgan fingerprint density at radius 2 is 2.00 bits per heavy atom. The van der Waals surface area contributed by atoms with Crippen molar-refractivity contribution < 1.29 is 14.3 Å². The van der Waals surface area contributed by atoms with Crippen LogP contribution in [0.5, 0.6) is 11.6 Å². The third-order valence-corrected chi connectivity index (χ3v) is 4.76. The van der Waals surface area contributed by atoms with Gasteiger partial charge >= 0.3 is 0 Å². The van der Waals surface area contributed by atoms with Crippen molar-refractivity contribution in [1.29, 1.82) is 5.26 Å². The van der Waals surface area contributed by atoms with Crippen LogP contribution in [0.4, 0.5) is 5.69 Å². The number of carbonyl (C=O) groups is 1. The zero-order chi connectivity index (χ0) is 20.5. The van der Waals surface area contributed by atoms with E-state index in [1.807, 2.05) is 19.1 Å². The van der Waals surface area contributed by atoms with Gasteiger partial charge in [-0.25, -0.2) is 9.97 Å². The first-order valence-corrected chi connectivity index (χ1v) is 8.82. The minimum Gasteiger partial charge on any atom is -0.491 e. The Morgan fingerprint density at radius 1 is 1.17 bits per heavy atom. The first kappa shape index (κ1) is 18.4. The van der Waals surface area contributed by atoms with Gasteiger partial charge in [-0.2, -0.15) is 5.26 Å². The normalized spacial score (nSPS) is 12.5. The van der Waals surface area contributed by atoms with E-state index in [-0.39, 0.29) is 11.6 Å². The van der Waals surface area contributed by atoms with Crippen molar-refractivity contribution in [2.45, 2.75) is 13.5 Å². The summed E-state index contributed by atoms with van der Waals surface area (Å²) in [6.45, 7) is 2.20. The average molecular weight is 387 g/mol. The molecule has 1 aliphatic rings. The van der Waals surface area contributed by atoms with Gasteiger partial charge in [0.15, 0.2) is 5.75 Å². The smallest absolute Gasteiger partial charge is 0.260 e. The van der Waals surface area contributed by atoms with Crippen LogP contribution >= 0.6 is 0 Å². The largest absolute Gasteiger partial charge is 0.491 e. The predicted molar refractivity (Wildman–Crippen MR) is 105 cm³/mol. The number of aromatic nitrogens is 3. The summed E-state index contributed by atoms with van der Waals surface area (Å²) in [7, 11) is 3.07. The number of nitrogens with zero attached hydrogens (tertiary/aromatic N) is 5. The zero-order valence-corrected chi connectivity index (χ0v) is 16.1. The standard InChI is InChI=1S/C21H17N5O3/c1-12-6-16(13-7-18(28-2)20(29-3)24-10-13)25-17-11-26(21(27)19(12)17)15-4-5-23-14(8-15)9-22/h4-8,10H,11H2,1-3H3. The van der Waals surface area contributed by atoms with Gasteiger partial charge in [0.1, 0.15) is 11.8 Å². The van der Waals surface area contributed by atoms with Crippen LogP contribution in [0, 0.1) is 18.3 Å². The summed E-state index contributed by atoms with van der Waals surface area (Å²) >= 11 is 0. The van der Waals surface area contributed by atoms with Crippen LogP contribution in [0.1, 0.15) is 27.3 Å². The van der Waals surface area contributed by atoms with Gasteiger partial charge < -0.3 is 14.4 Å². The van der Waals surface area contributed by atoms with Crippen molar-refractivity contribution in [3.63, 3.8) is 0 Å². The SMILES string of the molecule is COc1cc(-c2cc(C)c3c(n2)CN(c2ccnc(C#N)c2)C3=O)cnc1OC. The third kappa shape index (κ3) is 3.12. The summed E-state index contributed by atoms with van der Waals surface area (Å²) in [5, 5.41) is 9.08. The van der Waals surface area contributed by atoms with E-state index >= 15 is 0 Å². The maximum absolute atomic E-state index is 13.0. The summed E-state index contributed by atoms with van der Waals surface area (Å²) in [6, 6.07) is 8.96. The highest BCUT2D eigenvalue weighted by Crippen LogP contribution is 2.34. The van der Waals surface area contributed by atoms with Gasteiger partial charge in [0.25, 0.3) is 11.8 Å². The van der Waals surface area contributed by atoms with Crippen LogP contribution in [-0.4, -0.2) is 35.1 Å². The van der Waals surface area contributed by atoms with Crippen molar-refractivity contribution in [2.24, 2.45) is 0 Å². The second-order valence-corrected chi connectivity index (χ2v) is 6.48. The minimum atomic E-state index is -0.142. The molecule has 0 atom stereocenters. The highest BCUT2D eigenvalue weighted by Gasteiger charge is 2.32. The number of ether oxygens (including phenoxy) is 2. The molecule has 0 aliphatic carbocycles. The molecule has 4 rings (SSSR count). The molecule has 0 N–H and O–H groups in total. The molecule has 3 aromatic rings. The molecule has 1 aliphatic heterocycles. The van der Waals surface area contributed by atoms with E-state index in [1.54, 1.807) is 36.4 Å². The molecule has 0 radical (unpaired) electrons. The number of amides is 1. The van der Waals surface area contributed by atoms with Crippen LogP contribution in [0.25, 0.3) is 11.3 Å². The van der Waals surface area contributed by atoms with Gasteiger partial charge in [-0.15, -0.1) is 0 Å². The van der Waals surface area contributed by atoms with Crippen molar-refractivity contribution in [1.82, 2.24) is 15.0 Å². The molecule has 0 saturated carbocycles.